The Hall–Kier alpha value is -1.40. The summed E-state index contributed by atoms with van der Waals surface area (Å²) in [5.74, 6) is -1.16. The van der Waals surface area contributed by atoms with Gasteiger partial charge in [-0.05, 0) is 26.2 Å². The number of hydrogen-bond acceptors (Lipinski definition) is 5. The largest absolute Gasteiger partial charge is 0.463 e. The monoisotopic (exact) mass is 338 g/mol. The fourth-order valence-corrected chi connectivity index (χ4v) is 4.33. The standard InChI is InChI=1S/C18H27NO5/c1-4-12-9-11(2)18(3,22)17(21)23-10-13-5-7-19-8-6-14(15(13)19)24-16(12)20/h4,11,13-15,22H,5-10H2,1-3H3/p+1/b12-4+/t11-,13-,14-,15-,18-/m1/s1. The van der Waals surface area contributed by atoms with Crippen LogP contribution >= 0.6 is 0 Å². The summed E-state index contributed by atoms with van der Waals surface area (Å²) in [5, 5.41) is 10.6. The first-order valence-electron chi connectivity index (χ1n) is 8.95. The Morgan fingerprint density at radius 1 is 1.29 bits per heavy atom. The van der Waals surface area contributed by atoms with E-state index in [1.807, 2.05) is 0 Å². The molecule has 6 atom stereocenters. The van der Waals surface area contributed by atoms with Gasteiger partial charge in [0.25, 0.3) is 0 Å². The highest BCUT2D eigenvalue weighted by molar-refractivity contribution is 5.89. The first kappa shape index (κ1) is 17.4. The minimum atomic E-state index is -1.62. The predicted molar refractivity (Wildman–Crippen MR) is 86.2 cm³/mol. The van der Waals surface area contributed by atoms with E-state index in [-0.39, 0.29) is 30.5 Å². The van der Waals surface area contributed by atoms with Gasteiger partial charge in [0.05, 0.1) is 19.0 Å². The lowest BCUT2D eigenvalue weighted by Gasteiger charge is -2.31. The van der Waals surface area contributed by atoms with Gasteiger partial charge in [0.15, 0.2) is 11.7 Å². The average Bonchev–Trinajstić information content (AvgIpc) is 3.12. The van der Waals surface area contributed by atoms with Crippen LogP contribution in [0.2, 0.25) is 0 Å². The zero-order chi connectivity index (χ0) is 17.5. The van der Waals surface area contributed by atoms with Gasteiger partial charge < -0.3 is 19.5 Å². The van der Waals surface area contributed by atoms with Crippen molar-refractivity contribution in [3.05, 3.63) is 11.6 Å². The summed E-state index contributed by atoms with van der Waals surface area (Å²) in [4.78, 5) is 26.4. The van der Waals surface area contributed by atoms with E-state index in [1.54, 1.807) is 19.9 Å². The van der Waals surface area contributed by atoms with Gasteiger partial charge in [0, 0.05) is 18.4 Å². The molecule has 0 aliphatic carbocycles. The molecule has 1 unspecified atom stereocenters. The predicted octanol–water partition coefficient (Wildman–Crippen LogP) is -0.144. The maximum atomic E-state index is 12.6. The maximum absolute atomic E-state index is 12.6. The fourth-order valence-electron chi connectivity index (χ4n) is 4.33. The van der Waals surface area contributed by atoms with Crippen LogP contribution in [0.1, 0.15) is 40.0 Å². The zero-order valence-electron chi connectivity index (χ0n) is 14.7. The number of quaternary nitrogens is 1. The van der Waals surface area contributed by atoms with Gasteiger partial charge in [-0.3, -0.25) is 0 Å². The van der Waals surface area contributed by atoms with Gasteiger partial charge in [-0.15, -0.1) is 0 Å². The molecule has 24 heavy (non-hydrogen) atoms. The van der Waals surface area contributed by atoms with Crippen LogP contribution in [0, 0.1) is 11.8 Å². The van der Waals surface area contributed by atoms with Crippen LogP contribution in [-0.4, -0.2) is 54.5 Å². The quantitative estimate of drug-likeness (QED) is 0.475. The lowest BCUT2D eigenvalue weighted by Crippen LogP contribution is -3.12. The van der Waals surface area contributed by atoms with Crippen molar-refractivity contribution in [3.8, 4) is 0 Å². The molecule has 0 aromatic carbocycles. The number of carbonyl (C=O) groups excluding carboxylic acids is 2. The second kappa shape index (κ2) is 6.48. The lowest BCUT2D eigenvalue weighted by molar-refractivity contribution is -0.902. The summed E-state index contributed by atoms with van der Waals surface area (Å²) < 4.78 is 11.3. The molecule has 3 heterocycles. The molecule has 0 amide bonds. The molecule has 0 spiro atoms. The van der Waals surface area contributed by atoms with Crippen molar-refractivity contribution >= 4 is 11.9 Å². The van der Waals surface area contributed by atoms with E-state index >= 15 is 0 Å². The first-order chi connectivity index (χ1) is 11.3. The van der Waals surface area contributed by atoms with Crippen molar-refractivity contribution in [1.82, 2.24) is 0 Å². The number of ether oxygens (including phenoxy) is 2. The van der Waals surface area contributed by atoms with Gasteiger partial charge in [-0.1, -0.05) is 13.0 Å². The third-order valence-corrected chi connectivity index (χ3v) is 6.16. The third-order valence-electron chi connectivity index (χ3n) is 6.16. The van der Waals surface area contributed by atoms with Crippen molar-refractivity contribution in [3.63, 3.8) is 0 Å². The summed E-state index contributed by atoms with van der Waals surface area (Å²) in [6, 6.07) is 0.196. The van der Waals surface area contributed by atoms with Crippen molar-refractivity contribution in [2.24, 2.45) is 11.8 Å². The van der Waals surface area contributed by atoms with Crippen molar-refractivity contribution in [2.75, 3.05) is 19.7 Å². The Labute approximate surface area is 142 Å². The molecule has 134 valence electrons. The molecule has 0 aromatic heterocycles. The SMILES string of the molecule is C/C=C1\C[C@@H](C)[C@@](C)(O)C(=O)OC[C@H]2CC[NH+]3CC[C@@H](OC1=O)[C@@H]23. The Morgan fingerprint density at radius 3 is 2.71 bits per heavy atom. The summed E-state index contributed by atoms with van der Waals surface area (Å²) >= 11 is 0. The Morgan fingerprint density at radius 2 is 2.00 bits per heavy atom. The van der Waals surface area contributed by atoms with Crippen LogP contribution < -0.4 is 4.90 Å². The molecule has 3 saturated heterocycles. The molecular formula is C18H28NO5+. The molecule has 0 saturated carbocycles. The summed E-state index contributed by atoms with van der Waals surface area (Å²) in [6.45, 7) is 7.31. The van der Waals surface area contributed by atoms with Gasteiger partial charge in [0.1, 0.15) is 12.6 Å². The van der Waals surface area contributed by atoms with E-state index < -0.39 is 17.5 Å². The molecule has 6 heteroatoms. The first-order valence-corrected chi connectivity index (χ1v) is 8.95. The number of esters is 2. The van der Waals surface area contributed by atoms with Gasteiger partial charge in [-0.2, -0.15) is 0 Å². The van der Waals surface area contributed by atoms with Crippen LogP contribution in [0.25, 0.3) is 0 Å². The van der Waals surface area contributed by atoms with E-state index in [1.165, 1.54) is 11.8 Å². The van der Waals surface area contributed by atoms with Crippen LogP contribution in [-0.2, 0) is 19.1 Å². The number of aliphatic hydroxyl groups is 1. The van der Waals surface area contributed by atoms with Gasteiger partial charge >= 0.3 is 11.9 Å². The number of hydrogen-bond donors (Lipinski definition) is 2. The number of nitrogens with one attached hydrogen (secondary N) is 1. The lowest BCUT2D eigenvalue weighted by atomic mass is 9.85. The Kier molecular flexibility index (Phi) is 4.71. The summed E-state index contributed by atoms with van der Waals surface area (Å²) in [7, 11) is 0. The number of rotatable bonds is 0. The highest BCUT2D eigenvalue weighted by Crippen LogP contribution is 2.30. The number of allylic oxidation sites excluding steroid dienone is 1. The van der Waals surface area contributed by atoms with E-state index in [9.17, 15) is 14.7 Å². The second-order valence-corrected chi connectivity index (χ2v) is 7.63. The maximum Gasteiger partial charge on any atom is 0.338 e. The van der Waals surface area contributed by atoms with E-state index in [0.717, 1.165) is 25.9 Å². The molecule has 6 nitrogen and oxygen atoms in total. The van der Waals surface area contributed by atoms with Crippen LogP contribution in [0.5, 0.6) is 0 Å². The minimum absolute atomic E-state index is 0.108. The smallest absolute Gasteiger partial charge is 0.338 e. The molecule has 3 aliphatic rings. The minimum Gasteiger partial charge on any atom is -0.463 e. The zero-order valence-corrected chi connectivity index (χ0v) is 14.7. The topological polar surface area (TPSA) is 77.3 Å². The van der Waals surface area contributed by atoms with Crippen LogP contribution in [0.4, 0.5) is 0 Å². The highest BCUT2D eigenvalue weighted by Gasteiger charge is 2.51. The third kappa shape index (κ3) is 2.97. The van der Waals surface area contributed by atoms with Crippen molar-refractivity contribution in [1.29, 1.82) is 0 Å². The van der Waals surface area contributed by atoms with E-state index in [0.29, 0.717) is 12.2 Å². The van der Waals surface area contributed by atoms with Crippen molar-refractivity contribution in [2.45, 2.75) is 57.8 Å². The molecule has 0 bridgehead atoms. The Balaban J connectivity index is 1.89. The Bertz CT molecular complexity index is 556. The highest BCUT2D eigenvalue weighted by atomic mass is 16.6. The molecule has 3 rings (SSSR count). The number of carbonyl (C=O) groups is 2. The van der Waals surface area contributed by atoms with E-state index in [2.05, 4.69) is 0 Å². The second-order valence-electron chi connectivity index (χ2n) is 7.63. The summed E-state index contributed by atoms with van der Waals surface area (Å²) in [6.07, 6.45) is 3.71. The molecule has 3 fully saturated rings. The van der Waals surface area contributed by atoms with Gasteiger partial charge in [-0.25, -0.2) is 9.59 Å². The molecule has 0 aromatic rings. The summed E-state index contributed by atoms with van der Waals surface area (Å²) in [5.41, 5.74) is -1.10. The van der Waals surface area contributed by atoms with Crippen LogP contribution in [0.15, 0.2) is 11.6 Å². The average molecular weight is 338 g/mol. The van der Waals surface area contributed by atoms with Crippen molar-refractivity contribution < 1.29 is 29.1 Å². The van der Waals surface area contributed by atoms with Gasteiger partial charge in [0.2, 0.25) is 0 Å². The van der Waals surface area contributed by atoms with Crippen LogP contribution in [0.3, 0.4) is 0 Å². The fraction of sp³-hybridized carbons (Fsp3) is 0.778. The molecule has 3 aliphatic heterocycles. The number of cyclic esters (lactones) is 1. The van der Waals surface area contributed by atoms with E-state index in [4.69, 9.17) is 9.47 Å². The molecule has 0 radical (unpaired) electrons. The molecule has 2 N–H and O–H groups in total. The molecular weight excluding hydrogens is 310 g/mol. The normalized spacial score (nSPS) is 45.2.